The molecule has 4 nitrogen and oxygen atoms in total. The standard InChI is InChI=1S/C16H23NO3/c1-2-3-8-19-9-10-20-16(18)14-5-4-13-6-7-17-12-15(13)11-14/h4-5,11,17H,2-3,6-10,12H2,1H3. The van der Waals surface area contributed by atoms with Crippen LogP contribution in [0.1, 0.15) is 41.3 Å². The molecule has 0 amide bonds. The van der Waals surface area contributed by atoms with Gasteiger partial charge in [0, 0.05) is 13.2 Å². The number of carbonyl (C=O) groups excluding carboxylic acids is 1. The summed E-state index contributed by atoms with van der Waals surface area (Å²) in [4.78, 5) is 11.9. The van der Waals surface area contributed by atoms with Gasteiger partial charge in [-0.3, -0.25) is 0 Å². The van der Waals surface area contributed by atoms with Gasteiger partial charge in [0.05, 0.1) is 12.2 Å². The molecule has 1 aromatic rings. The maximum absolute atomic E-state index is 11.9. The fourth-order valence-electron chi connectivity index (χ4n) is 2.23. The highest BCUT2D eigenvalue weighted by Gasteiger charge is 2.13. The molecule has 2 rings (SSSR count). The zero-order valence-corrected chi connectivity index (χ0v) is 12.1. The summed E-state index contributed by atoms with van der Waals surface area (Å²) in [5, 5.41) is 3.31. The minimum atomic E-state index is -0.266. The van der Waals surface area contributed by atoms with Crippen LogP contribution in [0.15, 0.2) is 18.2 Å². The summed E-state index contributed by atoms with van der Waals surface area (Å²) in [6, 6.07) is 5.82. The van der Waals surface area contributed by atoms with Gasteiger partial charge in [0.15, 0.2) is 0 Å². The molecule has 1 N–H and O–H groups in total. The monoisotopic (exact) mass is 277 g/mol. The van der Waals surface area contributed by atoms with E-state index in [1.54, 1.807) is 0 Å². The molecule has 0 aliphatic carbocycles. The number of unbranched alkanes of at least 4 members (excludes halogenated alkanes) is 1. The lowest BCUT2D eigenvalue weighted by molar-refractivity contribution is 0.0313. The van der Waals surface area contributed by atoms with E-state index < -0.39 is 0 Å². The Morgan fingerprint density at radius 2 is 2.15 bits per heavy atom. The largest absolute Gasteiger partial charge is 0.460 e. The molecule has 4 heteroatoms. The maximum atomic E-state index is 11.9. The van der Waals surface area contributed by atoms with Crippen LogP contribution in [0.5, 0.6) is 0 Å². The molecule has 0 saturated heterocycles. The lowest BCUT2D eigenvalue weighted by atomic mass is 9.99. The Bertz CT molecular complexity index is 445. The maximum Gasteiger partial charge on any atom is 0.338 e. The number of fused-ring (bicyclic) bond motifs is 1. The minimum Gasteiger partial charge on any atom is -0.460 e. The fraction of sp³-hybridized carbons (Fsp3) is 0.562. The number of hydrogen-bond acceptors (Lipinski definition) is 4. The number of hydrogen-bond donors (Lipinski definition) is 1. The van der Waals surface area contributed by atoms with Crippen molar-refractivity contribution in [3.8, 4) is 0 Å². The summed E-state index contributed by atoms with van der Waals surface area (Å²) in [5.41, 5.74) is 3.15. The molecule has 0 bridgehead atoms. The van der Waals surface area contributed by atoms with E-state index >= 15 is 0 Å². The summed E-state index contributed by atoms with van der Waals surface area (Å²) >= 11 is 0. The van der Waals surface area contributed by atoms with E-state index in [0.717, 1.165) is 39.0 Å². The number of esters is 1. The van der Waals surface area contributed by atoms with Crippen molar-refractivity contribution in [1.29, 1.82) is 0 Å². The molecule has 20 heavy (non-hydrogen) atoms. The second kappa shape index (κ2) is 8.02. The molecule has 0 radical (unpaired) electrons. The average Bonchev–Trinajstić information content (AvgIpc) is 2.50. The van der Waals surface area contributed by atoms with E-state index in [2.05, 4.69) is 12.2 Å². The molecular weight excluding hydrogens is 254 g/mol. The van der Waals surface area contributed by atoms with Crippen molar-refractivity contribution < 1.29 is 14.3 Å². The van der Waals surface area contributed by atoms with Crippen LogP contribution < -0.4 is 5.32 Å². The van der Waals surface area contributed by atoms with E-state index in [4.69, 9.17) is 9.47 Å². The molecule has 110 valence electrons. The highest BCUT2D eigenvalue weighted by molar-refractivity contribution is 5.89. The molecule has 1 aliphatic rings. The SMILES string of the molecule is CCCCOCCOC(=O)c1ccc2c(c1)CNCC2. The van der Waals surface area contributed by atoms with Crippen molar-refractivity contribution in [2.75, 3.05) is 26.4 Å². The topological polar surface area (TPSA) is 47.6 Å². The number of rotatable bonds is 7. The third-order valence-corrected chi connectivity index (χ3v) is 3.43. The fourth-order valence-corrected chi connectivity index (χ4v) is 2.23. The van der Waals surface area contributed by atoms with Gasteiger partial charge in [-0.25, -0.2) is 4.79 Å². The Labute approximate surface area is 120 Å². The highest BCUT2D eigenvalue weighted by Crippen LogP contribution is 2.16. The normalized spacial score (nSPS) is 13.8. The van der Waals surface area contributed by atoms with Crippen LogP contribution in [0.4, 0.5) is 0 Å². The molecule has 0 unspecified atom stereocenters. The first kappa shape index (κ1) is 15.0. The van der Waals surface area contributed by atoms with Crippen molar-refractivity contribution in [3.63, 3.8) is 0 Å². The lowest BCUT2D eigenvalue weighted by Gasteiger charge is -2.17. The van der Waals surface area contributed by atoms with Crippen LogP contribution in [0, 0.1) is 0 Å². The van der Waals surface area contributed by atoms with E-state index in [1.165, 1.54) is 11.1 Å². The molecule has 0 aromatic heterocycles. The van der Waals surface area contributed by atoms with Crippen LogP contribution >= 0.6 is 0 Å². The first-order valence-electron chi connectivity index (χ1n) is 7.38. The summed E-state index contributed by atoms with van der Waals surface area (Å²) in [5.74, 6) is -0.266. The number of carbonyl (C=O) groups is 1. The summed E-state index contributed by atoms with van der Waals surface area (Å²) in [7, 11) is 0. The third-order valence-electron chi connectivity index (χ3n) is 3.43. The predicted octanol–water partition coefficient (Wildman–Crippen LogP) is 2.31. The Hall–Kier alpha value is -1.39. The zero-order chi connectivity index (χ0) is 14.2. The Balaban J connectivity index is 1.77. The molecule has 1 heterocycles. The number of nitrogens with one attached hydrogen (secondary N) is 1. The number of ether oxygens (including phenoxy) is 2. The van der Waals surface area contributed by atoms with Crippen molar-refractivity contribution in [1.82, 2.24) is 5.32 Å². The zero-order valence-electron chi connectivity index (χ0n) is 12.1. The lowest BCUT2D eigenvalue weighted by Crippen LogP contribution is -2.24. The van der Waals surface area contributed by atoms with Crippen molar-refractivity contribution in [3.05, 3.63) is 34.9 Å². The van der Waals surface area contributed by atoms with Gasteiger partial charge in [-0.1, -0.05) is 19.4 Å². The predicted molar refractivity (Wildman–Crippen MR) is 77.9 cm³/mol. The first-order chi connectivity index (χ1) is 9.81. The van der Waals surface area contributed by atoms with Crippen LogP contribution in [0.2, 0.25) is 0 Å². The number of benzene rings is 1. The molecule has 0 fully saturated rings. The van der Waals surface area contributed by atoms with Gasteiger partial charge in [0.25, 0.3) is 0 Å². The summed E-state index contributed by atoms with van der Waals surface area (Å²) in [6.45, 7) is 5.48. The Morgan fingerprint density at radius 1 is 1.25 bits per heavy atom. The Kier molecular flexibility index (Phi) is 6.02. The Morgan fingerprint density at radius 3 is 3.00 bits per heavy atom. The van der Waals surface area contributed by atoms with Crippen LogP contribution in [0.3, 0.4) is 0 Å². The van der Waals surface area contributed by atoms with Gasteiger partial charge in [0.2, 0.25) is 0 Å². The van der Waals surface area contributed by atoms with E-state index in [9.17, 15) is 4.79 Å². The van der Waals surface area contributed by atoms with Crippen LogP contribution in [-0.4, -0.2) is 32.3 Å². The van der Waals surface area contributed by atoms with Gasteiger partial charge in [0.1, 0.15) is 6.61 Å². The molecule has 0 saturated carbocycles. The molecule has 0 spiro atoms. The quantitative estimate of drug-likeness (QED) is 0.614. The summed E-state index contributed by atoms with van der Waals surface area (Å²) < 4.78 is 10.6. The van der Waals surface area contributed by atoms with Crippen molar-refractivity contribution >= 4 is 5.97 Å². The second-order valence-corrected chi connectivity index (χ2v) is 5.01. The molecule has 1 aliphatic heterocycles. The smallest absolute Gasteiger partial charge is 0.338 e. The van der Waals surface area contributed by atoms with E-state index in [0.29, 0.717) is 18.8 Å². The van der Waals surface area contributed by atoms with Gasteiger partial charge < -0.3 is 14.8 Å². The molecule has 0 atom stereocenters. The van der Waals surface area contributed by atoms with E-state index in [-0.39, 0.29) is 5.97 Å². The molecule has 1 aromatic carbocycles. The first-order valence-corrected chi connectivity index (χ1v) is 7.38. The average molecular weight is 277 g/mol. The second-order valence-electron chi connectivity index (χ2n) is 5.01. The minimum absolute atomic E-state index is 0.266. The van der Waals surface area contributed by atoms with Crippen molar-refractivity contribution in [2.45, 2.75) is 32.7 Å². The summed E-state index contributed by atoms with van der Waals surface area (Å²) in [6.07, 6.45) is 3.19. The van der Waals surface area contributed by atoms with Gasteiger partial charge in [-0.05, 0) is 42.6 Å². The van der Waals surface area contributed by atoms with Crippen molar-refractivity contribution in [2.24, 2.45) is 0 Å². The van der Waals surface area contributed by atoms with Gasteiger partial charge >= 0.3 is 5.97 Å². The van der Waals surface area contributed by atoms with Gasteiger partial charge in [-0.15, -0.1) is 0 Å². The molecular formula is C16H23NO3. The van der Waals surface area contributed by atoms with Gasteiger partial charge in [-0.2, -0.15) is 0 Å². The van der Waals surface area contributed by atoms with E-state index in [1.807, 2.05) is 18.2 Å². The van der Waals surface area contributed by atoms with Crippen LogP contribution in [-0.2, 0) is 22.4 Å². The third kappa shape index (κ3) is 4.32. The van der Waals surface area contributed by atoms with Crippen LogP contribution in [0.25, 0.3) is 0 Å². The highest BCUT2D eigenvalue weighted by atomic mass is 16.6.